The fraction of sp³-hybridized carbons (Fsp3) is 0.929. The standard InChI is InChI=1S/C14H25N3OS/c1-12(17-6-2-3-7-17)10-15-13-16-14(11-19-13)4-8-18-9-5-14/h12H,2-11H2,1H3,(H,15,16). The number of aliphatic imine (C=N–C) groups is 1. The first-order chi connectivity index (χ1) is 9.27. The van der Waals surface area contributed by atoms with Crippen LogP contribution in [0.1, 0.15) is 32.6 Å². The maximum absolute atomic E-state index is 5.46. The van der Waals surface area contributed by atoms with Gasteiger partial charge >= 0.3 is 0 Å². The molecule has 0 amide bonds. The highest BCUT2D eigenvalue weighted by Gasteiger charge is 2.38. The first kappa shape index (κ1) is 13.7. The van der Waals surface area contributed by atoms with Crippen molar-refractivity contribution < 1.29 is 4.74 Å². The first-order valence-corrected chi connectivity index (χ1v) is 8.53. The van der Waals surface area contributed by atoms with E-state index in [2.05, 4.69) is 17.1 Å². The van der Waals surface area contributed by atoms with E-state index in [1.54, 1.807) is 0 Å². The van der Waals surface area contributed by atoms with Crippen LogP contribution in [0.3, 0.4) is 0 Å². The van der Waals surface area contributed by atoms with Gasteiger partial charge in [-0.15, -0.1) is 0 Å². The summed E-state index contributed by atoms with van der Waals surface area (Å²) in [6.45, 7) is 7.54. The van der Waals surface area contributed by atoms with Crippen LogP contribution in [-0.2, 0) is 4.74 Å². The smallest absolute Gasteiger partial charge is 0.157 e. The Hall–Kier alpha value is -0.260. The normalized spacial score (nSPS) is 30.9. The third-order valence-electron chi connectivity index (χ3n) is 4.57. The predicted octanol–water partition coefficient (Wildman–Crippen LogP) is 1.71. The molecule has 0 aromatic carbocycles. The Kier molecular flexibility index (Phi) is 4.34. The molecule has 3 rings (SSSR count). The van der Waals surface area contributed by atoms with E-state index in [1.807, 2.05) is 11.8 Å². The summed E-state index contributed by atoms with van der Waals surface area (Å²) in [5.41, 5.74) is 0.276. The lowest BCUT2D eigenvalue weighted by Crippen LogP contribution is -2.48. The number of hydrogen-bond acceptors (Lipinski definition) is 4. The minimum Gasteiger partial charge on any atom is -0.381 e. The minimum absolute atomic E-state index is 0.276. The maximum Gasteiger partial charge on any atom is 0.157 e. The van der Waals surface area contributed by atoms with Gasteiger partial charge in [-0.1, -0.05) is 11.8 Å². The van der Waals surface area contributed by atoms with Gasteiger partial charge in [-0.2, -0.15) is 0 Å². The summed E-state index contributed by atoms with van der Waals surface area (Å²) in [4.78, 5) is 7.37. The van der Waals surface area contributed by atoms with Crippen molar-refractivity contribution in [3.05, 3.63) is 0 Å². The van der Waals surface area contributed by atoms with Crippen molar-refractivity contribution in [2.75, 3.05) is 38.6 Å². The van der Waals surface area contributed by atoms with E-state index in [0.717, 1.165) is 43.5 Å². The number of ether oxygens (including phenoxy) is 1. The molecule has 19 heavy (non-hydrogen) atoms. The highest BCUT2D eigenvalue weighted by molar-refractivity contribution is 8.14. The molecule has 0 aliphatic carbocycles. The van der Waals surface area contributed by atoms with Gasteiger partial charge in [0.25, 0.3) is 0 Å². The van der Waals surface area contributed by atoms with E-state index in [4.69, 9.17) is 9.73 Å². The van der Waals surface area contributed by atoms with Crippen LogP contribution in [0, 0.1) is 0 Å². The Morgan fingerprint density at radius 2 is 2.11 bits per heavy atom. The molecule has 0 radical (unpaired) electrons. The molecule has 3 aliphatic heterocycles. The van der Waals surface area contributed by atoms with Gasteiger partial charge in [0, 0.05) is 25.0 Å². The Morgan fingerprint density at radius 1 is 1.37 bits per heavy atom. The highest BCUT2D eigenvalue weighted by atomic mass is 32.2. The van der Waals surface area contributed by atoms with E-state index < -0.39 is 0 Å². The molecule has 0 aromatic rings. The van der Waals surface area contributed by atoms with Gasteiger partial charge in [0.2, 0.25) is 0 Å². The van der Waals surface area contributed by atoms with Gasteiger partial charge in [0.05, 0.1) is 12.1 Å². The lowest BCUT2D eigenvalue weighted by molar-refractivity contribution is 0.0555. The largest absolute Gasteiger partial charge is 0.381 e. The minimum atomic E-state index is 0.276. The molecular formula is C14H25N3OS. The van der Waals surface area contributed by atoms with Crippen LogP contribution in [0.15, 0.2) is 4.99 Å². The molecule has 0 bridgehead atoms. The number of hydrogen-bond donors (Lipinski definition) is 1. The van der Waals surface area contributed by atoms with Crippen molar-refractivity contribution in [3.8, 4) is 0 Å². The van der Waals surface area contributed by atoms with Crippen LogP contribution >= 0.6 is 11.8 Å². The van der Waals surface area contributed by atoms with Crippen molar-refractivity contribution in [2.24, 2.45) is 4.99 Å². The lowest BCUT2D eigenvalue weighted by atomic mass is 9.93. The summed E-state index contributed by atoms with van der Waals surface area (Å²) in [5, 5.41) is 4.83. The molecule has 1 N–H and O–H groups in total. The van der Waals surface area contributed by atoms with Crippen molar-refractivity contribution in [2.45, 2.75) is 44.2 Å². The Labute approximate surface area is 120 Å². The van der Waals surface area contributed by atoms with E-state index in [0.29, 0.717) is 6.04 Å². The van der Waals surface area contributed by atoms with Crippen molar-refractivity contribution >= 4 is 16.9 Å². The molecule has 1 unspecified atom stereocenters. The zero-order valence-corrected chi connectivity index (χ0v) is 12.7. The number of thioether (sulfide) groups is 1. The first-order valence-electron chi connectivity index (χ1n) is 7.55. The second kappa shape index (κ2) is 6.02. The summed E-state index contributed by atoms with van der Waals surface area (Å²) < 4.78 is 5.46. The molecule has 5 heteroatoms. The van der Waals surface area contributed by atoms with E-state index in [1.165, 1.54) is 25.9 Å². The van der Waals surface area contributed by atoms with Crippen molar-refractivity contribution in [3.63, 3.8) is 0 Å². The second-order valence-corrected chi connectivity index (χ2v) is 7.01. The third-order valence-corrected chi connectivity index (χ3v) is 5.77. The molecule has 3 heterocycles. The van der Waals surface area contributed by atoms with Crippen LogP contribution in [0.4, 0.5) is 0 Å². The van der Waals surface area contributed by atoms with Crippen molar-refractivity contribution in [1.29, 1.82) is 0 Å². The molecular weight excluding hydrogens is 258 g/mol. The summed E-state index contributed by atoms with van der Waals surface area (Å²) in [6.07, 6.45) is 4.97. The fourth-order valence-corrected chi connectivity index (χ4v) is 4.36. The van der Waals surface area contributed by atoms with Crippen LogP contribution in [0.25, 0.3) is 0 Å². The molecule has 3 fully saturated rings. The van der Waals surface area contributed by atoms with E-state index >= 15 is 0 Å². The third kappa shape index (κ3) is 3.26. The number of rotatable bonds is 3. The van der Waals surface area contributed by atoms with Gasteiger partial charge in [-0.3, -0.25) is 9.89 Å². The van der Waals surface area contributed by atoms with Crippen LogP contribution in [-0.4, -0.2) is 60.2 Å². The average molecular weight is 283 g/mol. The Balaban J connectivity index is 1.51. The van der Waals surface area contributed by atoms with Crippen LogP contribution < -0.4 is 5.32 Å². The molecule has 0 aromatic heterocycles. The molecule has 108 valence electrons. The summed E-state index contributed by atoms with van der Waals surface area (Å²) in [6, 6.07) is 0.587. The summed E-state index contributed by atoms with van der Waals surface area (Å²) in [7, 11) is 0. The number of amidine groups is 1. The highest BCUT2D eigenvalue weighted by Crippen LogP contribution is 2.31. The topological polar surface area (TPSA) is 36.9 Å². The van der Waals surface area contributed by atoms with E-state index in [-0.39, 0.29) is 5.54 Å². The zero-order valence-electron chi connectivity index (χ0n) is 11.9. The lowest BCUT2D eigenvalue weighted by Gasteiger charge is -2.32. The summed E-state index contributed by atoms with van der Waals surface area (Å²) in [5.74, 6) is 1.16. The molecule has 1 spiro atoms. The Bertz CT molecular complexity index is 336. The van der Waals surface area contributed by atoms with Crippen molar-refractivity contribution in [1.82, 2.24) is 10.2 Å². The number of likely N-dealkylation sites (tertiary alicyclic amines) is 1. The summed E-state index contributed by atoms with van der Waals surface area (Å²) >= 11 is 1.90. The monoisotopic (exact) mass is 283 g/mol. The second-order valence-electron chi connectivity index (χ2n) is 6.04. The van der Waals surface area contributed by atoms with Gasteiger partial charge in [-0.25, -0.2) is 0 Å². The van der Waals surface area contributed by atoms with Crippen LogP contribution in [0.2, 0.25) is 0 Å². The molecule has 4 nitrogen and oxygen atoms in total. The van der Waals surface area contributed by atoms with Crippen LogP contribution in [0.5, 0.6) is 0 Å². The molecule has 1 atom stereocenters. The number of nitrogens with one attached hydrogen (secondary N) is 1. The van der Waals surface area contributed by atoms with Gasteiger partial charge in [0.1, 0.15) is 0 Å². The SMILES string of the molecule is CC(CN=C1NC2(CCOCC2)CS1)N1CCCC1. The maximum atomic E-state index is 5.46. The van der Waals surface area contributed by atoms with Gasteiger partial charge < -0.3 is 10.1 Å². The fourth-order valence-electron chi connectivity index (χ4n) is 3.14. The van der Waals surface area contributed by atoms with Gasteiger partial charge in [-0.05, 0) is 45.7 Å². The molecule has 0 saturated carbocycles. The Morgan fingerprint density at radius 3 is 2.84 bits per heavy atom. The zero-order chi connectivity index (χ0) is 13.1. The van der Waals surface area contributed by atoms with Gasteiger partial charge in [0.15, 0.2) is 5.17 Å². The average Bonchev–Trinajstić information content (AvgIpc) is 3.08. The predicted molar refractivity (Wildman–Crippen MR) is 80.9 cm³/mol. The van der Waals surface area contributed by atoms with E-state index in [9.17, 15) is 0 Å². The molecule has 3 aliphatic rings. The number of nitrogens with zero attached hydrogens (tertiary/aromatic N) is 2. The molecule has 3 saturated heterocycles. The quantitative estimate of drug-likeness (QED) is 0.855.